The van der Waals surface area contributed by atoms with Crippen molar-refractivity contribution in [3.8, 4) is 11.5 Å². The van der Waals surface area contributed by atoms with Crippen LogP contribution in [0.15, 0.2) is 18.2 Å². The minimum Gasteiger partial charge on any atom is -0.454 e. The third-order valence-electron chi connectivity index (χ3n) is 1.86. The largest absolute Gasteiger partial charge is 0.454 e. The average Bonchev–Trinajstić information content (AvgIpc) is 2.49. The summed E-state index contributed by atoms with van der Waals surface area (Å²) in [6.07, 6.45) is 0. The van der Waals surface area contributed by atoms with E-state index in [0.717, 1.165) is 17.1 Å². The van der Waals surface area contributed by atoms with E-state index in [1.165, 1.54) is 0 Å². The molecule has 0 spiro atoms. The lowest BCUT2D eigenvalue weighted by molar-refractivity contribution is 0.174. The average molecular weight is 185 g/mol. The summed E-state index contributed by atoms with van der Waals surface area (Å²) in [5, 5.41) is 0.0134. The summed E-state index contributed by atoms with van der Waals surface area (Å²) in [6.45, 7) is 2.24. The molecule has 2 nitrogen and oxygen atoms in total. The third kappa shape index (κ3) is 1.23. The lowest BCUT2D eigenvalue weighted by Crippen LogP contribution is -1.92. The Morgan fingerprint density at radius 3 is 2.83 bits per heavy atom. The molecule has 0 amide bonds. The van der Waals surface area contributed by atoms with Gasteiger partial charge in [0.1, 0.15) is 0 Å². The van der Waals surface area contributed by atoms with Crippen LogP contribution in [0.25, 0.3) is 0 Å². The van der Waals surface area contributed by atoms with Gasteiger partial charge in [0.25, 0.3) is 0 Å². The van der Waals surface area contributed by atoms with Crippen molar-refractivity contribution in [1.29, 1.82) is 0 Å². The third-order valence-corrected chi connectivity index (χ3v) is 2.11. The van der Waals surface area contributed by atoms with Crippen molar-refractivity contribution in [2.24, 2.45) is 0 Å². The van der Waals surface area contributed by atoms with Crippen molar-refractivity contribution in [3.05, 3.63) is 23.8 Å². The van der Waals surface area contributed by atoms with Crippen LogP contribution in [0.4, 0.5) is 0 Å². The smallest absolute Gasteiger partial charge is 0.231 e. The molecule has 0 N–H and O–H groups in total. The van der Waals surface area contributed by atoms with Gasteiger partial charge in [-0.05, 0) is 24.6 Å². The van der Waals surface area contributed by atoms with Crippen molar-refractivity contribution < 1.29 is 9.47 Å². The molecule has 0 saturated carbocycles. The topological polar surface area (TPSA) is 18.5 Å². The molecule has 0 aromatic heterocycles. The van der Waals surface area contributed by atoms with Gasteiger partial charge in [0.05, 0.1) is 5.38 Å². The maximum Gasteiger partial charge on any atom is 0.231 e. The molecular formula is C9H9ClO2. The van der Waals surface area contributed by atoms with E-state index in [-0.39, 0.29) is 5.38 Å². The van der Waals surface area contributed by atoms with Crippen LogP contribution in [0.5, 0.6) is 11.5 Å². The van der Waals surface area contributed by atoms with Gasteiger partial charge >= 0.3 is 0 Å². The molecule has 12 heavy (non-hydrogen) atoms. The highest BCUT2D eigenvalue weighted by Crippen LogP contribution is 2.35. The van der Waals surface area contributed by atoms with Crippen molar-refractivity contribution in [2.75, 3.05) is 6.79 Å². The predicted molar refractivity (Wildman–Crippen MR) is 46.8 cm³/mol. The molecule has 0 radical (unpaired) electrons. The standard InChI is InChI=1S/C9H9ClO2/c1-6(10)7-2-3-8-9(4-7)12-5-11-8/h2-4,6H,5H2,1H3. The molecule has 1 aliphatic rings. The molecule has 1 aromatic carbocycles. The van der Waals surface area contributed by atoms with E-state index in [9.17, 15) is 0 Å². The summed E-state index contributed by atoms with van der Waals surface area (Å²) in [5.41, 5.74) is 1.06. The second kappa shape index (κ2) is 2.87. The molecule has 64 valence electrons. The van der Waals surface area contributed by atoms with Crippen LogP contribution in [0, 0.1) is 0 Å². The van der Waals surface area contributed by atoms with Crippen LogP contribution in [0.2, 0.25) is 0 Å². The summed E-state index contributed by atoms with van der Waals surface area (Å²) >= 11 is 5.91. The second-order valence-electron chi connectivity index (χ2n) is 2.73. The lowest BCUT2D eigenvalue weighted by Gasteiger charge is -2.03. The van der Waals surface area contributed by atoms with Crippen molar-refractivity contribution >= 4 is 11.6 Å². The number of benzene rings is 1. The van der Waals surface area contributed by atoms with Crippen LogP contribution in [0.3, 0.4) is 0 Å². The number of alkyl halides is 1. The number of fused-ring (bicyclic) bond motifs is 1. The first-order valence-corrected chi connectivity index (χ1v) is 4.24. The molecule has 0 fully saturated rings. The quantitative estimate of drug-likeness (QED) is 0.625. The number of hydrogen-bond acceptors (Lipinski definition) is 2. The molecule has 1 aliphatic heterocycles. The van der Waals surface area contributed by atoms with Crippen LogP contribution in [0.1, 0.15) is 17.9 Å². The minimum absolute atomic E-state index is 0.0134. The lowest BCUT2D eigenvalue weighted by atomic mass is 10.1. The Balaban J connectivity index is 2.39. The van der Waals surface area contributed by atoms with Crippen LogP contribution < -0.4 is 9.47 Å². The van der Waals surface area contributed by atoms with Gasteiger partial charge in [-0.1, -0.05) is 6.07 Å². The zero-order chi connectivity index (χ0) is 8.55. The number of hydrogen-bond donors (Lipinski definition) is 0. The van der Waals surface area contributed by atoms with Crippen LogP contribution in [-0.4, -0.2) is 6.79 Å². The highest BCUT2D eigenvalue weighted by Gasteiger charge is 2.14. The van der Waals surface area contributed by atoms with Gasteiger partial charge in [-0.15, -0.1) is 11.6 Å². The van der Waals surface area contributed by atoms with E-state index in [1.54, 1.807) is 0 Å². The van der Waals surface area contributed by atoms with Crippen molar-refractivity contribution in [1.82, 2.24) is 0 Å². The van der Waals surface area contributed by atoms with E-state index in [1.807, 2.05) is 25.1 Å². The first-order valence-electron chi connectivity index (χ1n) is 3.81. The molecule has 3 heteroatoms. The molecule has 0 bridgehead atoms. The maximum atomic E-state index is 5.91. The molecule has 1 aromatic rings. The van der Waals surface area contributed by atoms with E-state index >= 15 is 0 Å². The SMILES string of the molecule is CC(Cl)c1ccc2c(c1)OCO2. The molecule has 2 rings (SSSR count). The summed E-state index contributed by atoms with van der Waals surface area (Å²) < 4.78 is 10.4. The highest BCUT2D eigenvalue weighted by atomic mass is 35.5. The van der Waals surface area contributed by atoms with Gasteiger partial charge < -0.3 is 9.47 Å². The first-order chi connectivity index (χ1) is 5.77. The Labute approximate surface area is 76.1 Å². The summed E-state index contributed by atoms with van der Waals surface area (Å²) in [5.74, 6) is 1.59. The zero-order valence-corrected chi connectivity index (χ0v) is 7.47. The van der Waals surface area contributed by atoms with Gasteiger partial charge in [0.2, 0.25) is 6.79 Å². The molecule has 1 heterocycles. The van der Waals surface area contributed by atoms with Gasteiger partial charge in [-0.3, -0.25) is 0 Å². The van der Waals surface area contributed by atoms with Gasteiger partial charge in [0, 0.05) is 0 Å². The fourth-order valence-electron chi connectivity index (χ4n) is 1.16. The predicted octanol–water partition coefficient (Wildman–Crippen LogP) is 2.72. The Morgan fingerprint density at radius 1 is 1.33 bits per heavy atom. The maximum absolute atomic E-state index is 5.91. The molecule has 1 unspecified atom stereocenters. The summed E-state index contributed by atoms with van der Waals surface area (Å²) in [6, 6.07) is 5.75. The number of ether oxygens (including phenoxy) is 2. The van der Waals surface area contributed by atoms with Gasteiger partial charge in [-0.2, -0.15) is 0 Å². The molecule has 0 aliphatic carbocycles. The highest BCUT2D eigenvalue weighted by molar-refractivity contribution is 6.20. The Hall–Kier alpha value is -0.890. The van der Waals surface area contributed by atoms with Crippen LogP contribution in [-0.2, 0) is 0 Å². The fourth-order valence-corrected chi connectivity index (χ4v) is 1.30. The van der Waals surface area contributed by atoms with Gasteiger partial charge in [0.15, 0.2) is 11.5 Å². The summed E-state index contributed by atoms with van der Waals surface area (Å²) in [4.78, 5) is 0. The fraction of sp³-hybridized carbons (Fsp3) is 0.333. The van der Waals surface area contributed by atoms with E-state index in [2.05, 4.69) is 0 Å². The Bertz CT molecular complexity index is 297. The van der Waals surface area contributed by atoms with E-state index in [0.29, 0.717) is 6.79 Å². The van der Waals surface area contributed by atoms with Gasteiger partial charge in [-0.25, -0.2) is 0 Å². The Morgan fingerprint density at radius 2 is 2.08 bits per heavy atom. The van der Waals surface area contributed by atoms with Crippen molar-refractivity contribution in [3.63, 3.8) is 0 Å². The zero-order valence-electron chi connectivity index (χ0n) is 6.71. The normalized spacial score (nSPS) is 16.2. The van der Waals surface area contributed by atoms with E-state index in [4.69, 9.17) is 21.1 Å². The molecule has 0 saturated heterocycles. The van der Waals surface area contributed by atoms with Crippen LogP contribution >= 0.6 is 11.6 Å². The number of rotatable bonds is 1. The summed E-state index contributed by atoms with van der Waals surface area (Å²) in [7, 11) is 0. The monoisotopic (exact) mass is 184 g/mol. The molecular weight excluding hydrogens is 176 g/mol. The second-order valence-corrected chi connectivity index (χ2v) is 3.38. The first kappa shape index (κ1) is 7.74. The molecule has 1 atom stereocenters. The van der Waals surface area contributed by atoms with E-state index < -0.39 is 0 Å². The Kier molecular flexibility index (Phi) is 1.85. The number of halogens is 1. The minimum atomic E-state index is 0.0134. The van der Waals surface area contributed by atoms with Crippen molar-refractivity contribution in [2.45, 2.75) is 12.3 Å².